The van der Waals surface area contributed by atoms with Crippen LogP contribution in [0.15, 0.2) is 78.9 Å². The lowest BCUT2D eigenvalue weighted by molar-refractivity contribution is 0.0692. The Bertz CT molecular complexity index is 1190. The highest BCUT2D eigenvalue weighted by molar-refractivity contribution is 7.88. The van der Waals surface area contributed by atoms with Crippen molar-refractivity contribution >= 4 is 27.6 Å². The number of amides is 1. The third kappa shape index (κ3) is 5.78. The van der Waals surface area contributed by atoms with Crippen molar-refractivity contribution < 1.29 is 23.1 Å². The molecule has 0 aliphatic heterocycles. The van der Waals surface area contributed by atoms with Crippen LogP contribution in [0.5, 0.6) is 0 Å². The molecule has 0 atom stereocenters. The fourth-order valence-electron chi connectivity index (χ4n) is 3.06. The van der Waals surface area contributed by atoms with E-state index in [4.69, 9.17) is 0 Å². The molecule has 3 aromatic rings. The summed E-state index contributed by atoms with van der Waals surface area (Å²) in [5.74, 6) is -1.85. The van der Waals surface area contributed by atoms with Gasteiger partial charge in [-0.3, -0.25) is 4.79 Å². The maximum atomic E-state index is 12.7. The molecule has 3 rings (SSSR count). The molecule has 3 aromatic carbocycles. The van der Waals surface area contributed by atoms with Gasteiger partial charge >= 0.3 is 5.97 Å². The Morgan fingerprint density at radius 3 is 2.16 bits per heavy atom. The molecule has 0 aliphatic carbocycles. The summed E-state index contributed by atoms with van der Waals surface area (Å²) in [4.78, 5) is 23.9. The predicted octanol–water partition coefficient (Wildman–Crippen LogP) is 3.60. The molecule has 31 heavy (non-hydrogen) atoms. The maximum absolute atomic E-state index is 12.7. The average Bonchev–Trinajstić information content (AvgIpc) is 2.74. The first-order valence-corrected chi connectivity index (χ1v) is 11.1. The van der Waals surface area contributed by atoms with E-state index in [2.05, 4.69) is 5.32 Å². The maximum Gasteiger partial charge on any atom is 0.336 e. The van der Waals surface area contributed by atoms with Crippen molar-refractivity contribution in [3.8, 4) is 0 Å². The number of carboxylic acid groups (broad SMARTS) is 1. The van der Waals surface area contributed by atoms with Crippen molar-refractivity contribution in [2.24, 2.45) is 0 Å². The second-order valence-electron chi connectivity index (χ2n) is 7.00. The lowest BCUT2D eigenvalue weighted by Gasteiger charge is -2.18. The van der Waals surface area contributed by atoms with Gasteiger partial charge in [-0.05, 0) is 35.4 Å². The van der Waals surface area contributed by atoms with E-state index in [1.54, 1.807) is 60.7 Å². The Hall–Kier alpha value is -3.49. The van der Waals surface area contributed by atoms with Crippen LogP contribution in [-0.2, 0) is 22.3 Å². The van der Waals surface area contributed by atoms with Crippen molar-refractivity contribution in [1.29, 1.82) is 0 Å². The number of rotatable bonds is 8. The minimum Gasteiger partial charge on any atom is -0.478 e. The average molecular weight is 439 g/mol. The zero-order chi connectivity index (χ0) is 22.4. The SMILES string of the molecule is CN(Cc1cccc(NC(=O)c2ccccc2C(=O)O)c1)S(=O)(=O)Cc1ccccc1. The molecule has 0 saturated carbocycles. The van der Waals surface area contributed by atoms with Crippen molar-refractivity contribution in [3.05, 3.63) is 101 Å². The van der Waals surface area contributed by atoms with Gasteiger partial charge in [0.2, 0.25) is 10.0 Å². The van der Waals surface area contributed by atoms with Crippen LogP contribution in [0.25, 0.3) is 0 Å². The Morgan fingerprint density at radius 2 is 1.48 bits per heavy atom. The molecule has 160 valence electrons. The summed E-state index contributed by atoms with van der Waals surface area (Å²) in [6.45, 7) is 0.130. The summed E-state index contributed by atoms with van der Waals surface area (Å²) in [5, 5.41) is 11.9. The molecule has 1 amide bonds. The Labute approximate surface area is 181 Å². The third-order valence-corrected chi connectivity index (χ3v) is 6.44. The summed E-state index contributed by atoms with van der Waals surface area (Å²) in [6, 6.07) is 21.6. The fraction of sp³-hybridized carbons (Fsp3) is 0.130. The monoisotopic (exact) mass is 438 g/mol. The van der Waals surface area contributed by atoms with Gasteiger partial charge in [0.15, 0.2) is 0 Å². The number of hydrogen-bond acceptors (Lipinski definition) is 4. The third-order valence-electron chi connectivity index (χ3n) is 4.66. The highest BCUT2D eigenvalue weighted by Gasteiger charge is 2.19. The number of carboxylic acids is 1. The minimum absolute atomic E-state index is 0.0444. The number of nitrogens with one attached hydrogen (secondary N) is 1. The van der Waals surface area contributed by atoms with E-state index in [1.165, 1.54) is 23.5 Å². The highest BCUT2D eigenvalue weighted by atomic mass is 32.2. The van der Waals surface area contributed by atoms with Gasteiger partial charge in [0.25, 0.3) is 5.91 Å². The van der Waals surface area contributed by atoms with Gasteiger partial charge in [0.05, 0.1) is 16.9 Å². The second kappa shape index (κ2) is 9.55. The van der Waals surface area contributed by atoms with Crippen LogP contribution in [0.2, 0.25) is 0 Å². The predicted molar refractivity (Wildman–Crippen MR) is 118 cm³/mol. The highest BCUT2D eigenvalue weighted by Crippen LogP contribution is 2.18. The molecular formula is C23H22N2O5S. The van der Waals surface area contributed by atoms with Crippen molar-refractivity contribution in [1.82, 2.24) is 4.31 Å². The molecule has 0 aromatic heterocycles. The molecule has 0 heterocycles. The summed E-state index contributed by atoms with van der Waals surface area (Å²) >= 11 is 0. The van der Waals surface area contributed by atoms with E-state index in [0.717, 1.165) is 0 Å². The smallest absolute Gasteiger partial charge is 0.336 e. The first-order valence-electron chi connectivity index (χ1n) is 9.47. The number of hydrogen-bond donors (Lipinski definition) is 2. The number of aromatic carboxylic acids is 1. The Morgan fingerprint density at radius 1 is 0.871 bits per heavy atom. The first-order chi connectivity index (χ1) is 14.8. The van der Waals surface area contributed by atoms with Crippen LogP contribution in [0.3, 0.4) is 0 Å². The van der Waals surface area contributed by atoms with E-state index in [9.17, 15) is 23.1 Å². The summed E-state index contributed by atoms with van der Waals surface area (Å²) < 4.78 is 26.6. The van der Waals surface area contributed by atoms with Crippen molar-refractivity contribution in [2.45, 2.75) is 12.3 Å². The Balaban J connectivity index is 1.72. The molecule has 2 N–H and O–H groups in total. The first kappa shape index (κ1) is 22.2. The standard InChI is InChI=1S/C23H22N2O5S/c1-25(31(29,30)16-17-8-3-2-4-9-17)15-18-10-7-11-19(14-18)24-22(26)20-12-5-6-13-21(20)23(27)28/h2-14H,15-16H2,1H3,(H,24,26)(H,27,28). The molecule has 0 unspecified atom stereocenters. The quantitative estimate of drug-likeness (QED) is 0.559. The molecule has 0 aliphatic rings. The van der Waals surface area contributed by atoms with Crippen molar-refractivity contribution in [2.75, 3.05) is 12.4 Å². The second-order valence-corrected chi connectivity index (χ2v) is 9.08. The van der Waals surface area contributed by atoms with Gasteiger partial charge in [0, 0.05) is 19.3 Å². The van der Waals surface area contributed by atoms with Crippen LogP contribution >= 0.6 is 0 Å². The van der Waals surface area contributed by atoms with Gasteiger partial charge in [0.1, 0.15) is 0 Å². The minimum atomic E-state index is -3.52. The largest absolute Gasteiger partial charge is 0.478 e. The topological polar surface area (TPSA) is 104 Å². The normalized spacial score (nSPS) is 11.3. The molecule has 8 heteroatoms. The molecule has 0 bridgehead atoms. The molecule has 7 nitrogen and oxygen atoms in total. The van der Waals surface area contributed by atoms with E-state index in [0.29, 0.717) is 16.8 Å². The van der Waals surface area contributed by atoms with Crippen LogP contribution in [-0.4, -0.2) is 36.8 Å². The molecule has 0 fully saturated rings. The van der Waals surface area contributed by atoms with E-state index < -0.39 is 21.9 Å². The fourth-order valence-corrected chi connectivity index (χ4v) is 4.24. The van der Waals surface area contributed by atoms with E-state index in [-0.39, 0.29) is 23.4 Å². The molecule has 0 spiro atoms. The molecule has 0 radical (unpaired) electrons. The Kier molecular flexibility index (Phi) is 6.84. The van der Waals surface area contributed by atoms with Gasteiger partial charge in [-0.25, -0.2) is 17.5 Å². The van der Waals surface area contributed by atoms with Crippen LogP contribution < -0.4 is 5.32 Å². The van der Waals surface area contributed by atoms with Gasteiger partial charge < -0.3 is 10.4 Å². The number of benzene rings is 3. The summed E-state index contributed by atoms with van der Waals surface area (Å²) in [6.07, 6.45) is 0. The number of carbonyl (C=O) groups is 2. The molecular weight excluding hydrogens is 416 g/mol. The van der Waals surface area contributed by atoms with Crippen LogP contribution in [0.4, 0.5) is 5.69 Å². The number of anilines is 1. The van der Waals surface area contributed by atoms with Crippen LogP contribution in [0.1, 0.15) is 31.8 Å². The lowest BCUT2D eigenvalue weighted by Crippen LogP contribution is -2.27. The van der Waals surface area contributed by atoms with Crippen LogP contribution in [0, 0.1) is 0 Å². The molecule has 0 saturated heterocycles. The summed E-state index contributed by atoms with van der Waals surface area (Å²) in [5.41, 5.74) is 1.78. The van der Waals surface area contributed by atoms with Gasteiger partial charge in [-0.2, -0.15) is 0 Å². The zero-order valence-corrected chi connectivity index (χ0v) is 17.7. The van der Waals surface area contributed by atoms with E-state index >= 15 is 0 Å². The van der Waals surface area contributed by atoms with Gasteiger partial charge in [-0.1, -0.05) is 54.6 Å². The van der Waals surface area contributed by atoms with E-state index in [1.807, 2.05) is 6.07 Å². The number of sulfonamides is 1. The lowest BCUT2D eigenvalue weighted by atomic mass is 10.1. The zero-order valence-electron chi connectivity index (χ0n) is 16.9. The van der Waals surface area contributed by atoms with Crippen molar-refractivity contribution in [3.63, 3.8) is 0 Å². The van der Waals surface area contributed by atoms with Gasteiger partial charge in [-0.15, -0.1) is 0 Å². The number of nitrogens with zero attached hydrogens (tertiary/aromatic N) is 1. The number of carbonyl (C=O) groups excluding carboxylic acids is 1. The summed E-state index contributed by atoms with van der Waals surface area (Å²) in [7, 11) is -2.02.